The lowest BCUT2D eigenvalue weighted by atomic mass is 10.2. The summed E-state index contributed by atoms with van der Waals surface area (Å²) in [5.74, 6) is -0.312. The molecule has 0 saturated heterocycles. The van der Waals surface area contributed by atoms with Crippen LogP contribution < -0.4 is 0 Å². The van der Waals surface area contributed by atoms with Crippen molar-refractivity contribution in [3.05, 3.63) is 46.6 Å². The number of hydrogen-bond acceptors (Lipinski definition) is 3. The average Bonchev–Trinajstić information content (AvgIpc) is 2.92. The summed E-state index contributed by atoms with van der Waals surface area (Å²) in [5.41, 5.74) is 1.75. The number of carbonyl (C=O) groups is 1. The van der Waals surface area contributed by atoms with Gasteiger partial charge in [-0.1, -0.05) is 0 Å². The van der Waals surface area contributed by atoms with E-state index >= 15 is 0 Å². The van der Waals surface area contributed by atoms with E-state index in [1.54, 1.807) is 11.3 Å². The van der Waals surface area contributed by atoms with Gasteiger partial charge in [0.1, 0.15) is 0 Å². The third kappa shape index (κ3) is 1.92. The van der Waals surface area contributed by atoms with E-state index in [4.69, 9.17) is 0 Å². The van der Waals surface area contributed by atoms with Gasteiger partial charge in [0, 0.05) is 11.1 Å². The molecule has 3 rings (SSSR count). The molecule has 3 aromatic heterocycles. The van der Waals surface area contributed by atoms with Crippen LogP contribution in [0.1, 0.15) is 20.9 Å². The first kappa shape index (κ1) is 11.9. The molecule has 0 atom stereocenters. The Balaban J connectivity index is 2.34. The summed E-state index contributed by atoms with van der Waals surface area (Å²) in [4.78, 5) is 17.7. The number of aryl methyl sites for hydroxylation is 2. The van der Waals surface area contributed by atoms with Crippen molar-refractivity contribution in [1.82, 2.24) is 9.38 Å². The van der Waals surface area contributed by atoms with Gasteiger partial charge in [-0.05, 0) is 43.7 Å². The molecule has 3 aromatic rings. The smallest absolute Gasteiger partial charge is 0.356 e. The summed E-state index contributed by atoms with van der Waals surface area (Å²) >= 11 is 1.61. The molecule has 0 aliphatic carbocycles. The molecular weight excluding hydrogens is 260 g/mol. The number of aromatic nitrogens is 2. The van der Waals surface area contributed by atoms with Gasteiger partial charge >= 0.3 is 5.97 Å². The number of fused-ring (bicyclic) bond motifs is 1. The highest BCUT2D eigenvalue weighted by Gasteiger charge is 2.18. The van der Waals surface area contributed by atoms with Gasteiger partial charge in [0.2, 0.25) is 0 Å². The molecule has 96 valence electrons. The van der Waals surface area contributed by atoms with E-state index in [1.807, 2.05) is 48.7 Å². The van der Waals surface area contributed by atoms with Crippen LogP contribution >= 0.6 is 11.3 Å². The molecule has 1 N–H and O–H groups in total. The van der Waals surface area contributed by atoms with Crippen molar-refractivity contribution >= 4 is 22.8 Å². The Morgan fingerprint density at radius 2 is 2.11 bits per heavy atom. The maximum absolute atomic E-state index is 11.3. The quantitative estimate of drug-likeness (QED) is 0.778. The van der Waals surface area contributed by atoms with Crippen LogP contribution in [-0.2, 0) is 0 Å². The van der Waals surface area contributed by atoms with Crippen LogP contribution in [0.25, 0.3) is 16.2 Å². The Hall–Kier alpha value is -2.14. The molecule has 19 heavy (non-hydrogen) atoms. The van der Waals surface area contributed by atoms with Crippen LogP contribution in [-0.4, -0.2) is 20.5 Å². The molecule has 0 spiro atoms. The molecule has 0 radical (unpaired) electrons. The third-order valence-corrected chi connectivity index (χ3v) is 3.96. The van der Waals surface area contributed by atoms with Gasteiger partial charge < -0.3 is 5.11 Å². The van der Waals surface area contributed by atoms with Gasteiger partial charge in [-0.15, -0.1) is 11.3 Å². The molecule has 0 amide bonds. The zero-order chi connectivity index (χ0) is 13.6. The van der Waals surface area contributed by atoms with Crippen molar-refractivity contribution in [2.24, 2.45) is 0 Å². The summed E-state index contributed by atoms with van der Waals surface area (Å²) < 4.78 is 1.84. The second-order valence-electron chi connectivity index (χ2n) is 4.46. The number of nitrogens with zero attached hydrogens (tertiary/aromatic N) is 2. The molecule has 0 bridgehead atoms. The highest BCUT2D eigenvalue weighted by molar-refractivity contribution is 7.15. The van der Waals surface area contributed by atoms with E-state index in [0.29, 0.717) is 11.3 Å². The van der Waals surface area contributed by atoms with Gasteiger partial charge in [0.25, 0.3) is 0 Å². The van der Waals surface area contributed by atoms with E-state index in [-0.39, 0.29) is 5.69 Å². The van der Waals surface area contributed by atoms with Crippen LogP contribution in [0.4, 0.5) is 0 Å². The second-order valence-corrected chi connectivity index (χ2v) is 5.75. The number of imidazole rings is 1. The van der Waals surface area contributed by atoms with Gasteiger partial charge in [0.05, 0.1) is 10.4 Å². The number of carboxylic acids is 1. The predicted octanol–water partition coefficient (Wildman–Crippen LogP) is 3.38. The van der Waals surface area contributed by atoms with Crippen LogP contribution in [0.5, 0.6) is 0 Å². The fourth-order valence-corrected chi connectivity index (χ4v) is 2.93. The van der Waals surface area contributed by atoms with Gasteiger partial charge in [-0.3, -0.25) is 4.40 Å². The lowest BCUT2D eigenvalue weighted by molar-refractivity contribution is 0.0693. The Labute approximate surface area is 114 Å². The number of carboxylic acid groups (broad SMARTS) is 1. The predicted molar refractivity (Wildman–Crippen MR) is 74.9 cm³/mol. The lowest BCUT2D eigenvalue weighted by Gasteiger charge is -1.99. The maximum Gasteiger partial charge on any atom is 0.356 e. The van der Waals surface area contributed by atoms with Crippen LogP contribution in [0, 0.1) is 13.8 Å². The highest BCUT2D eigenvalue weighted by Crippen LogP contribution is 2.29. The standard InChI is InChI=1S/C14H12N2O2S/c1-8-5-6-16-10(7-8)12(14(17)18)15-13(16)11-4-3-9(2)19-11/h3-7H,1-2H3,(H,17,18). The molecule has 0 aliphatic rings. The van der Waals surface area contributed by atoms with Crippen LogP contribution in [0.3, 0.4) is 0 Å². The molecule has 0 aromatic carbocycles. The molecule has 4 nitrogen and oxygen atoms in total. The Morgan fingerprint density at radius 3 is 2.74 bits per heavy atom. The minimum atomic E-state index is -0.998. The Kier molecular flexibility index (Phi) is 2.64. The number of rotatable bonds is 2. The van der Waals surface area contributed by atoms with Crippen molar-refractivity contribution in [1.29, 1.82) is 0 Å². The summed E-state index contributed by atoms with van der Waals surface area (Å²) in [6.45, 7) is 3.96. The number of pyridine rings is 1. The maximum atomic E-state index is 11.3. The Morgan fingerprint density at radius 1 is 1.32 bits per heavy atom. The van der Waals surface area contributed by atoms with Gasteiger partial charge in [-0.25, -0.2) is 9.78 Å². The fourth-order valence-electron chi connectivity index (χ4n) is 2.08. The summed E-state index contributed by atoms with van der Waals surface area (Å²) in [6, 6.07) is 7.78. The summed E-state index contributed by atoms with van der Waals surface area (Å²) in [7, 11) is 0. The fraction of sp³-hybridized carbons (Fsp3) is 0.143. The number of aromatic carboxylic acids is 1. The number of hydrogen-bond donors (Lipinski definition) is 1. The zero-order valence-electron chi connectivity index (χ0n) is 10.5. The van der Waals surface area contributed by atoms with Crippen molar-refractivity contribution < 1.29 is 9.90 Å². The molecule has 0 fully saturated rings. The van der Waals surface area contributed by atoms with Crippen molar-refractivity contribution in [2.75, 3.05) is 0 Å². The van der Waals surface area contributed by atoms with Crippen LogP contribution in [0.2, 0.25) is 0 Å². The molecule has 0 saturated carbocycles. The normalized spacial score (nSPS) is 11.1. The first-order chi connectivity index (χ1) is 9.06. The van der Waals surface area contributed by atoms with E-state index in [2.05, 4.69) is 4.98 Å². The minimum Gasteiger partial charge on any atom is -0.476 e. The third-order valence-electron chi connectivity index (χ3n) is 2.96. The summed E-state index contributed by atoms with van der Waals surface area (Å²) in [5, 5.41) is 9.27. The van der Waals surface area contributed by atoms with Gasteiger partial charge in [-0.2, -0.15) is 0 Å². The molecule has 5 heteroatoms. The first-order valence-corrected chi connectivity index (χ1v) is 6.67. The van der Waals surface area contributed by atoms with Crippen molar-refractivity contribution in [2.45, 2.75) is 13.8 Å². The lowest BCUT2D eigenvalue weighted by Crippen LogP contribution is -1.97. The molecule has 0 unspecified atom stereocenters. The highest BCUT2D eigenvalue weighted by atomic mass is 32.1. The topological polar surface area (TPSA) is 54.6 Å². The van der Waals surface area contributed by atoms with E-state index in [1.165, 1.54) is 4.88 Å². The van der Waals surface area contributed by atoms with E-state index < -0.39 is 5.97 Å². The summed E-state index contributed by atoms with van der Waals surface area (Å²) in [6.07, 6.45) is 1.87. The van der Waals surface area contributed by atoms with E-state index in [0.717, 1.165) is 10.4 Å². The minimum absolute atomic E-state index is 0.102. The Bertz CT molecular complexity index is 786. The zero-order valence-corrected chi connectivity index (χ0v) is 11.4. The second kappa shape index (κ2) is 4.20. The monoisotopic (exact) mass is 272 g/mol. The van der Waals surface area contributed by atoms with Crippen LogP contribution in [0.15, 0.2) is 30.5 Å². The number of thiophene rings is 1. The van der Waals surface area contributed by atoms with Crippen molar-refractivity contribution in [3.8, 4) is 10.7 Å². The molecule has 0 aliphatic heterocycles. The first-order valence-electron chi connectivity index (χ1n) is 5.85. The van der Waals surface area contributed by atoms with E-state index in [9.17, 15) is 9.90 Å². The molecule has 3 heterocycles. The van der Waals surface area contributed by atoms with Crippen molar-refractivity contribution in [3.63, 3.8) is 0 Å². The molecular formula is C14H12N2O2S. The largest absolute Gasteiger partial charge is 0.476 e. The van der Waals surface area contributed by atoms with Gasteiger partial charge in [0.15, 0.2) is 11.5 Å². The SMILES string of the molecule is Cc1ccn2c(-c3ccc(C)s3)nc(C(=O)O)c2c1. The average molecular weight is 272 g/mol.